The van der Waals surface area contributed by atoms with Gasteiger partial charge in [-0.3, -0.25) is 4.79 Å². The van der Waals surface area contributed by atoms with E-state index >= 15 is 0 Å². The van der Waals surface area contributed by atoms with Gasteiger partial charge in [-0.05, 0) is 58.7 Å². The Kier molecular flexibility index (Phi) is 6.41. The first-order valence-electron chi connectivity index (χ1n) is 9.00. The van der Waals surface area contributed by atoms with E-state index in [1.807, 2.05) is 31.2 Å². The van der Waals surface area contributed by atoms with Gasteiger partial charge in [-0.2, -0.15) is 4.68 Å². The van der Waals surface area contributed by atoms with Crippen LogP contribution >= 0.6 is 11.8 Å². The zero-order chi connectivity index (χ0) is 20.1. The van der Waals surface area contributed by atoms with E-state index in [2.05, 4.69) is 34.7 Å². The summed E-state index contributed by atoms with van der Waals surface area (Å²) in [4.78, 5) is 12.3. The predicted molar refractivity (Wildman–Crippen MR) is 107 cm³/mol. The maximum absolute atomic E-state index is 13.0. The summed E-state index contributed by atoms with van der Waals surface area (Å²) >= 11 is 1.26. The van der Waals surface area contributed by atoms with Crippen molar-refractivity contribution in [3.05, 3.63) is 65.5 Å². The highest BCUT2D eigenvalue weighted by atomic mass is 32.2. The van der Waals surface area contributed by atoms with Crippen LogP contribution in [0.25, 0.3) is 5.69 Å². The quantitative estimate of drug-likeness (QED) is 0.610. The molecule has 0 radical (unpaired) electrons. The third-order valence-corrected chi connectivity index (χ3v) is 5.24. The largest absolute Gasteiger partial charge is 0.349 e. The molecule has 0 aliphatic carbocycles. The topological polar surface area (TPSA) is 72.7 Å². The molecule has 0 saturated heterocycles. The van der Waals surface area contributed by atoms with Gasteiger partial charge in [0, 0.05) is 0 Å². The van der Waals surface area contributed by atoms with Crippen molar-refractivity contribution in [1.82, 2.24) is 25.5 Å². The third-order valence-electron chi connectivity index (χ3n) is 4.33. The van der Waals surface area contributed by atoms with Crippen molar-refractivity contribution in [2.45, 2.75) is 37.9 Å². The number of carbonyl (C=O) groups excluding carboxylic acids is 1. The molecule has 8 heteroatoms. The Labute approximate surface area is 167 Å². The Morgan fingerprint density at radius 3 is 2.36 bits per heavy atom. The highest BCUT2D eigenvalue weighted by molar-refractivity contribution is 7.99. The molecule has 1 heterocycles. The second kappa shape index (κ2) is 8.97. The first-order valence-corrected chi connectivity index (χ1v) is 9.99. The highest BCUT2D eigenvalue weighted by Gasteiger charge is 2.14. The molecule has 0 fully saturated rings. The average Bonchev–Trinajstić information content (AvgIpc) is 3.15. The highest BCUT2D eigenvalue weighted by Crippen LogP contribution is 2.21. The van der Waals surface area contributed by atoms with Crippen molar-refractivity contribution < 1.29 is 9.18 Å². The summed E-state index contributed by atoms with van der Waals surface area (Å²) in [5.41, 5.74) is 2.92. The van der Waals surface area contributed by atoms with Gasteiger partial charge >= 0.3 is 0 Å². The Morgan fingerprint density at radius 2 is 1.71 bits per heavy atom. The number of thioether (sulfide) groups is 1. The number of hydrogen-bond donors (Lipinski definition) is 1. The normalized spacial score (nSPS) is 12.2. The van der Waals surface area contributed by atoms with Gasteiger partial charge in [-0.25, -0.2) is 4.39 Å². The molecule has 1 unspecified atom stereocenters. The fourth-order valence-electron chi connectivity index (χ4n) is 2.68. The molecule has 1 aromatic heterocycles. The molecule has 28 heavy (non-hydrogen) atoms. The molecule has 0 aliphatic rings. The van der Waals surface area contributed by atoms with E-state index in [9.17, 15) is 9.18 Å². The van der Waals surface area contributed by atoms with Crippen molar-refractivity contribution in [3.63, 3.8) is 0 Å². The van der Waals surface area contributed by atoms with E-state index in [0.29, 0.717) is 11.1 Å². The van der Waals surface area contributed by atoms with Gasteiger partial charge in [-0.15, -0.1) is 5.10 Å². The predicted octanol–water partition coefficient (Wildman–Crippen LogP) is 3.89. The van der Waals surface area contributed by atoms with Crippen LogP contribution in [-0.2, 0) is 4.79 Å². The lowest BCUT2D eigenvalue weighted by Crippen LogP contribution is -2.28. The van der Waals surface area contributed by atoms with Crippen LogP contribution in [0.2, 0.25) is 0 Å². The second-order valence-corrected chi connectivity index (χ2v) is 7.69. The van der Waals surface area contributed by atoms with Gasteiger partial charge in [0.2, 0.25) is 11.1 Å². The summed E-state index contributed by atoms with van der Waals surface area (Å²) < 4.78 is 14.6. The van der Waals surface area contributed by atoms with Crippen molar-refractivity contribution in [2.24, 2.45) is 0 Å². The molecule has 1 N–H and O–H groups in total. The molecule has 146 valence electrons. The van der Waals surface area contributed by atoms with Gasteiger partial charge < -0.3 is 5.32 Å². The summed E-state index contributed by atoms with van der Waals surface area (Å²) in [5, 5.41) is 15.2. The van der Waals surface area contributed by atoms with Crippen molar-refractivity contribution >= 4 is 17.7 Å². The first kappa shape index (κ1) is 20.0. The number of carbonyl (C=O) groups is 1. The summed E-state index contributed by atoms with van der Waals surface area (Å²) in [5.74, 6) is 0.178. The summed E-state index contributed by atoms with van der Waals surface area (Å²) in [6.45, 7) is 6.13. The van der Waals surface area contributed by atoms with Crippen LogP contribution in [0.4, 0.5) is 4.39 Å². The number of halogens is 1. The summed E-state index contributed by atoms with van der Waals surface area (Å²) in [6.07, 6.45) is 0. The standard InChI is InChI=1S/C20H22FN5OS/c1-13(2)15-6-10-18(11-7-15)26-20(23-24-25-26)28-12-19(27)22-14(3)16-4-8-17(21)9-5-16/h4-11,13-14H,12H2,1-3H3,(H,22,27). The minimum Gasteiger partial charge on any atom is -0.349 e. The van der Waals surface area contributed by atoms with Gasteiger partial charge in [0.1, 0.15) is 5.82 Å². The molecule has 0 saturated carbocycles. The van der Waals surface area contributed by atoms with Crippen LogP contribution in [0.15, 0.2) is 53.7 Å². The maximum Gasteiger partial charge on any atom is 0.230 e. The zero-order valence-electron chi connectivity index (χ0n) is 16.0. The lowest BCUT2D eigenvalue weighted by Gasteiger charge is -2.14. The molecule has 0 spiro atoms. The van der Waals surface area contributed by atoms with Gasteiger partial charge in [0.25, 0.3) is 0 Å². The van der Waals surface area contributed by atoms with Gasteiger partial charge in [0.05, 0.1) is 17.5 Å². The fourth-order valence-corrected chi connectivity index (χ4v) is 3.38. The van der Waals surface area contributed by atoms with Crippen molar-refractivity contribution in [2.75, 3.05) is 5.75 Å². The third kappa shape index (κ3) is 4.95. The minimum absolute atomic E-state index is 0.147. The molecule has 0 bridgehead atoms. The summed E-state index contributed by atoms with van der Waals surface area (Å²) in [7, 11) is 0. The molecule has 0 aliphatic heterocycles. The van der Waals surface area contributed by atoms with Crippen LogP contribution < -0.4 is 5.32 Å². The average molecular weight is 399 g/mol. The van der Waals surface area contributed by atoms with Crippen molar-refractivity contribution in [1.29, 1.82) is 0 Å². The number of nitrogens with one attached hydrogen (secondary N) is 1. The monoisotopic (exact) mass is 399 g/mol. The van der Waals surface area contributed by atoms with Crippen LogP contribution in [0.1, 0.15) is 43.9 Å². The number of hydrogen-bond acceptors (Lipinski definition) is 5. The number of aromatic nitrogens is 4. The molecule has 6 nitrogen and oxygen atoms in total. The number of nitrogens with zero attached hydrogens (tertiary/aromatic N) is 4. The molecular formula is C20H22FN5OS. The van der Waals surface area contributed by atoms with Gasteiger partial charge in [-0.1, -0.05) is 49.9 Å². The fraction of sp³-hybridized carbons (Fsp3) is 0.300. The van der Waals surface area contributed by atoms with Crippen LogP contribution in [0, 0.1) is 5.82 Å². The van der Waals surface area contributed by atoms with E-state index in [0.717, 1.165) is 11.3 Å². The molecule has 1 amide bonds. The van der Waals surface area contributed by atoms with E-state index < -0.39 is 0 Å². The summed E-state index contributed by atoms with van der Waals surface area (Å²) in [6, 6.07) is 13.9. The maximum atomic E-state index is 13.0. The Morgan fingerprint density at radius 1 is 1.07 bits per heavy atom. The van der Waals surface area contributed by atoms with Crippen LogP contribution in [0.3, 0.4) is 0 Å². The Balaban J connectivity index is 1.60. The molecule has 1 atom stereocenters. The minimum atomic E-state index is -0.300. The molecule has 2 aromatic carbocycles. The van der Waals surface area contributed by atoms with Gasteiger partial charge in [0.15, 0.2) is 0 Å². The lowest BCUT2D eigenvalue weighted by atomic mass is 10.0. The van der Waals surface area contributed by atoms with E-state index in [4.69, 9.17) is 0 Å². The smallest absolute Gasteiger partial charge is 0.230 e. The number of rotatable bonds is 7. The number of tetrazole rings is 1. The first-order chi connectivity index (χ1) is 13.4. The zero-order valence-corrected chi connectivity index (χ0v) is 16.8. The lowest BCUT2D eigenvalue weighted by molar-refractivity contribution is -0.119. The van der Waals surface area contributed by atoms with E-state index in [1.54, 1.807) is 16.8 Å². The Bertz CT molecular complexity index is 925. The van der Waals surface area contributed by atoms with Crippen molar-refractivity contribution in [3.8, 4) is 5.69 Å². The molecule has 3 rings (SSSR count). The molecule has 3 aromatic rings. The number of benzene rings is 2. The Hall–Kier alpha value is -2.74. The van der Waals surface area contributed by atoms with E-state index in [-0.39, 0.29) is 23.5 Å². The van der Waals surface area contributed by atoms with Crippen LogP contribution in [0.5, 0.6) is 0 Å². The van der Waals surface area contributed by atoms with E-state index in [1.165, 1.54) is 29.5 Å². The molecular weight excluding hydrogens is 377 g/mol. The SMILES string of the molecule is CC(C)c1ccc(-n2nnnc2SCC(=O)NC(C)c2ccc(F)cc2)cc1. The number of amides is 1. The second-order valence-electron chi connectivity index (χ2n) is 6.75. The van der Waals surface area contributed by atoms with Crippen LogP contribution in [-0.4, -0.2) is 31.9 Å².